The molecule has 1 atom stereocenters. The quantitative estimate of drug-likeness (QED) is 0.792. The lowest BCUT2D eigenvalue weighted by Gasteiger charge is -2.40. The van der Waals surface area contributed by atoms with Crippen LogP contribution in [0.3, 0.4) is 0 Å². The topological polar surface area (TPSA) is 64.3 Å². The van der Waals surface area contributed by atoms with Crippen molar-refractivity contribution in [1.82, 2.24) is 5.32 Å². The van der Waals surface area contributed by atoms with Crippen molar-refractivity contribution < 1.29 is 9.53 Å². The molecule has 1 heterocycles. The lowest BCUT2D eigenvalue weighted by molar-refractivity contribution is -0.117. The van der Waals surface area contributed by atoms with Gasteiger partial charge in [0.05, 0.1) is 0 Å². The van der Waals surface area contributed by atoms with Crippen LogP contribution in [0, 0.1) is 5.92 Å². The maximum Gasteiger partial charge on any atom is 0.218 e. The van der Waals surface area contributed by atoms with Gasteiger partial charge >= 0.3 is 0 Å². The lowest BCUT2D eigenvalue weighted by atomic mass is 9.80. The van der Waals surface area contributed by atoms with Gasteiger partial charge in [0.25, 0.3) is 0 Å². The number of carbonyl (C=O) groups excluding carboxylic acids is 1. The summed E-state index contributed by atoms with van der Waals surface area (Å²) in [5.41, 5.74) is 6.25. The molecule has 2 rings (SSSR count). The van der Waals surface area contributed by atoms with E-state index in [0.717, 1.165) is 25.1 Å². The van der Waals surface area contributed by atoms with Crippen molar-refractivity contribution in [2.45, 2.75) is 38.7 Å². The van der Waals surface area contributed by atoms with Crippen LogP contribution in [0.1, 0.15) is 32.3 Å². The van der Waals surface area contributed by atoms with Crippen LogP contribution in [0.4, 0.5) is 0 Å². The molecule has 0 spiro atoms. The Hall–Kier alpha value is -1.26. The molecule has 1 aliphatic rings. The van der Waals surface area contributed by atoms with Crippen LogP contribution in [0.5, 0.6) is 5.75 Å². The average molecular weight is 313 g/mol. The number of benzene rings is 1. The smallest absolute Gasteiger partial charge is 0.218 e. The maximum absolute atomic E-state index is 10.7. The van der Waals surface area contributed by atoms with Gasteiger partial charge in [0.15, 0.2) is 0 Å². The third-order valence-electron chi connectivity index (χ3n) is 4.01. The number of carbonyl (C=O) groups is 1. The van der Waals surface area contributed by atoms with Gasteiger partial charge in [-0.3, -0.25) is 4.79 Å². The molecule has 0 radical (unpaired) electrons. The Morgan fingerprint density at radius 3 is 2.81 bits per heavy atom. The highest BCUT2D eigenvalue weighted by atomic mass is 35.5. The Morgan fingerprint density at radius 2 is 2.10 bits per heavy atom. The van der Waals surface area contributed by atoms with Gasteiger partial charge in [-0.2, -0.15) is 0 Å². The maximum atomic E-state index is 10.7. The molecule has 0 bridgehead atoms. The number of ether oxygens (including phenoxy) is 1. The van der Waals surface area contributed by atoms with Crippen molar-refractivity contribution in [3.63, 3.8) is 0 Å². The predicted molar refractivity (Wildman–Crippen MR) is 86.9 cm³/mol. The minimum absolute atomic E-state index is 0. The summed E-state index contributed by atoms with van der Waals surface area (Å²) in [6.07, 6.45) is 2.47. The number of nitrogens with two attached hydrogens (primary N) is 1. The second kappa shape index (κ2) is 7.66. The van der Waals surface area contributed by atoms with Gasteiger partial charge in [0.1, 0.15) is 11.4 Å². The number of hydrogen-bond donors (Lipinski definition) is 2. The molecule has 1 unspecified atom stereocenters. The summed E-state index contributed by atoms with van der Waals surface area (Å²) in [6, 6.07) is 8.25. The minimum Gasteiger partial charge on any atom is -0.487 e. The van der Waals surface area contributed by atoms with Crippen molar-refractivity contribution in [3.8, 4) is 5.75 Å². The standard InChI is InChI=1S/C16H24N2O2.ClH/c1-16(2)13(7-9-18-10-8-15(17)19)11-12-5-3-4-6-14(12)20-16;/h3-6,13,18H,7-11H2,1-2H3,(H2,17,19);1H. The summed E-state index contributed by atoms with van der Waals surface area (Å²) < 4.78 is 6.13. The minimum atomic E-state index is -0.257. The summed E-state index contributed by atoms with van der Waals surface area (Å²) >= 11 is 0. The molecule has 0 saturated heterocycles. The predicted octanol–water partition coefficient (Wildman–Crippen LogP) is 2.29. The first kappa shape index (κ1) is 17.8. The largest absolute Gasteiger partial charge is 0.487 e. The Balaban J connectivity index is 0.00000220. The first-order chi connectivity index (χ1) is 9.49. The van der Waals surface area contributed by atoms with Crippen molar-refractivity contribution in [1.29, 1.82) is 0 Å². The number of fused-ring (bicyclic) bond motifs is 1. The van der Waals surface area contributed by atoms with Gasteiger partial charge in [-0.05, 0) is 44.9 Å². The molecular weight excluding hydrogens is 288 g/mol. The van der Waals surface area contributed by atoms with E-state index in [1.54, 1.807) is 0 Å². The van der Waals surface area contributed by atoms with E-state index in [1.165, 1.54) is 5.56 Å². The number of halogens is 1. The van der Waals surface area contributed by atoms with Gasteiger partial charge in [-0.25, -0.2) is 0 Å². The third kappa shape index (κ3) is 4.90. The summed E-state index contributed by atoms with van der Waals surface area (Å²) in [7, 11) is 0. The van der Waals surface area contributed by atoms with Crippen molar-refractivity contribution in [3.05, 3.63) is 29.8 Å². The Morgan fingerprint density at radius 1 is 1.38 bits per heavy atom. The van der Waals surface area contributed by atoms with Crippen LogP contribution in [0.25, 0.3) is 0 Å². The first-order valence-electron chi connectivity index (χ1n) is 7.25. The summed E-state index contributed by atoms with van der Waals surface area (Å²) in [4.78, 5) is 10.7. The third-order valence-corrected chi connectivity index (χ3v) is 4.01. The molecule has 1 amide bonds. The average Bonchev–Trinajstić information content (AvgIpc) is 2.37. The van der Waals surface area contributed by atoms with E-state index in [2.05, 4.69) is 31.3 Å². The Kier molecular flexibility index (Phi) is 6.49. The highest BCUT2D eigenvalue weighted by Gasteiger charge is 2.36. The van der Waals surface area contributed by atoms with E-state index in [1.807, 2.05) is 12.1 Å². The Bertz CT molecular complexity index is 477. The molecule has 0 saturated carbocycles. The zero-order valence-corrected chi connectivity index (χ0v) is 13.5. The molecule has 0 aromatic heterocycles. The number of primary amides is 1. The van der Waals surface area contributed by atoms with Crippen molar-refractivity contribution in [2.24, 2.45) is 11.7 Å². The van der Waals surface area contributed by atoms with E-state index in [0.29, 0.717) is 18.9 Å². The molecule has 1 aliphatic heterocycles. The number of rotatable bonds is 6. The van der Waals surface area contributed by atoms with Crippen LogP contribution in [-0.4, -0.2) is 24.6 Å². The molecule has 118 valence electrons. The normalized spacial score (nSPS) is 19.0. The summed E-state index contributed by atoms with van der Waals surface area (Å²) in [5, 5.41) is 3.27. The van der Waals surface area contributed by atoms with E-state index < -0.39 is 0 Å². The summed E-state index contributed by atoms with van der Waals surface area (Å²) in [5.74, 6) is 1.22. The van der Waals surface area contributed by atoms with Gasteiger partial charge in [-0.15, -0.1) is 12.4 Å². The fraction of sp³-hybridized carbons (Fsp3) is 0.562. The fourth-order valence-corrected chi connectivity index (χ4v) is 2.71. The van der Waals surface area contributed by atoms with Crippen LogP contribution < -0.4 is 15.8 Å². The van der Waals surface area contributed by atoms with Gasteiger partial charge in [-0.1, -0.05) is 18.2 Å². The fourth-order valence-electron chi connectivity index (χ4n) is 2.71. The Labute approximate surface area is 132 Å². The molecule has 3 N–H and O–H groups in total. The lowest BCUT2D eigenvalue weighted by Crippen LogP contribution is -2.43. The van der Waals surface area contributed by atoms with Crippen molar-refractivity contribution in [2.75, 3.05) is 13.1 Å². The van der Waals surface area contributed by atoms with Crippen molar-refractivity contribution >= 4 is 18.3 Å². The number of hydrogen-bond acceptors (Lipinski definition) is 3. The highest BCUT2D eigenvalue weighted by molar-refractivity contribution is 5.85. The zero-order chi connectivity index (χ0) is 14.6. The van der Waals surface area contributed by atoms with E-state index in [4.69, 9.17) is 10.5 Å². The second-order valence-corrected chi connectivity index (χ2v) is 5.97. The second-order valence-electron chi connectivity index (χ2n) is 5.97. The SMILES string of the molecule is CC1(C)Oc2ccccc2CC1CCNCCC(N)=O.Cl. The number of amides is 1. The molecule has 5 heteroatoms. The number of nitrogens with one attached hydrogen (secondary N) is 1. The molecule has 4 nitrogen and oxygen atoms in total. The van der Waals surface area contributed by atoms with E-state index in [-0.39, 0.29) is 23.9 Å². The summed E-state index contributed by atoms with van der Waals surface area (Å²) in [6.45, 7) is 5.83. The van der Waals surface area contributed by atoms with Crippen LogP contribution in [-0.2, 0) is 11.2 Å². The van der Waals surface area contributed by atoms with E-state index >= 15 is 0 Å². The van der Waals surface area contributed by atoms with E-state index in [9.17, 15) is 4.79 Å². The van der Waals surface area contributed by atoms with Gasteiger partial charge in [0, 0.05) is 18.9 Å². The number of para-hydroxylation sites is 1. The molecule has 0 aliphatic carbocycles. The molecular formula is C16H25ClN2O2. The van der Waals surface area contributed by atoms with Crippen LogP contribution >= 0.6 is 12.4 Å². The molecule has 0 fully saturated rings. The van der Waals surface area contributed by atoms with Gasteiger partial charge < -0.3 is 15.8 Å². The first-order valence-corrected chi connectivity index (χ1v) is 7.25. The zero-order valence-electron chi connectivity index (χ0n) is 12.7. The van der Waals surface area contributed by atoms with Crippen LogP contribution in [0.15, 0.2) is 24.3 Å². The molecule has 21 heavy (non-hydrogen) atoms. The molecule has 1 aromatic carbocycles. The monoisotopic (exact) mass is 312 g/mol. The van der Waals surface area contributed by atoms with Gasteiger partial charge in [0.2, 0.25) is 5.91 Å². The highest BCUT2D eigenvalue weighted by Crippen LogP contribution is 2.38. The van der Waals surface area contributed by atoms with Crippen LogP contribution in [0.2, 0.25) is 0 Å². The molecule has 1 aromatic rings.